The minimum atomic E-state index is 0.844. The lowest BCUT2D eigenvalue weighted by Gasteiger charge is -2.26. The van der Waals surface area contributed by atoms with E-state index in [1.54, 1.807) is 0 Å². The molecule has 3 nitrogen and oxygen atoms in total. The number of rotatable bonds is 8. The van der Waals surface area contributed by atoms with Crippen molar-refractivity contribution in [2.45, 2.75) is 0 Å². The normalized spacial score (nSPS) is 11.6. The Balaban J connectivity index is 0.924. The number of furan rings is 1. The van der Waals surface area contributed by atoms with Gasteiger partial charge in [-0.2, -0.15) is 0 Å². The Labute approximate surface area is 388 Å². The van der Waals surface area contributed by atoms with Gasteiger partial charge in [0.2, 0.25) is 0 Å². The number of hydrogen-bond donors (Lipinski definition) is 0. The zero-order valence-electron chi connectivity index (χ0n) is 36.6. The summed E-state index contributed by atoms with van der Waals surface area (Å²) < 4.78 is 9.55. The number of anilines is 3. The first-order chi connectivity index (χ1) is 33.2. The zero-order chi connectivity index (χ0) is 44.3. The second-order valence-electron chi connectivity index (χ2n) is 17.3. The summed E-state index contributed by atoms with van der Waals surface area (Å²) in [6.45, 7) is 0. The fraction of sp³-hybridized carbons (Fsp3) is 0. The SMILES string of the molecule is c1ccc(-c2ccc(-c3ccc(N(c4ccc(-c5ccc(-n6c7ccccc7c7ccccc76)cc5)cc4)c4cccc5c4oc4c(-c6ccccc6)cc6ccccc6c45)cc3)cc2)cc1. The van der Waals surface area contributed by atoms with Crippen molar-refractivity contribution in [2.75, 3.05) is 4.90 Å². The lowest BCUT2D eigenvalue weighted by atomic mass is 9.96. The Morgan fingerprint density at radius 1 is 0.313 bits per heavy atom. The van der Waals surface area contributed by atoms with Crippen LogP contribution in [0.5, 0.6) is 0 Å². The number of fused-ring (bicyclic) bond motifs is 8. The van der Waals surface area contributed by atoms with E-state index >= 15 is 0 Å². The molecule has 0 radical (unpaired) electrons. The van der Waals surface area contributed by atoms with Gasteiger partial charge in [-0.25, -0.2) is 0 Å². The number of nitrogens with zero attached hydrogens (tertiary/aromatic N) is 2. The molecule has 13 aromatic rings. The van der Waals surface area contributed by atoms with Crippen molar-refractivity contribution in [3.63, 3.8) is 0 Å². The molecule has 0 N–H and O–H groups in total. The van der Waals surface area contributed by atoms with E-state index in [4.69, 9.17) is 4.42 Å². The minimum absolute atomic E-state index is 0.844. The van der Waals surface area contributed by atoms with Gasteiger partial charge in [-0.15, -0.1) is 0 Å². The molecule has 0 fully saturated rings. The molecule has 3 heteroatoms. The monoisotopic (exact) mass is 854 g/mol. The van der Waals surface area contributed by atoms with E-state index in [1.165, 1.54) is 49.3 Å². The first kappa shape index (κ1) is 38.5. The van der Waals surface area contributed by atoms with Crippen LogP contribution in [0.3, 0.4) is 0 Å². The maximum Gasteiger partial charge on any atom is 0.159 e. The van der Waals surface area contributed by atoms with E-state index < -0.39 is 0 Å². The van der Waals surface area contributed by atoms with E-state index in [9.17, 15) is 0 Å². The summed E-state index contributed by atoms with van der Waals surface area (Å²) in [6.07, 6.45) is 0. The summed E-state index contributed by atoms with van der Waals surface area (Å²) in [5.74, 6) is 0. The van der Waals surface area contributed by atoms with Crippen molar-refractivity contribution < 1.29 is 4.42 Å². The van der Waals surface area contributed by atoms with Crippen molar-refractivity contribution >= 4 is 71.6 Å². The van der Waals surface area contributed by atoms with E-state index in [1.807, 2.05) is 0 Å². The van der Waals surface area contributed by atoms with E-state index in [0.29, 0.717) is 0 Å². The second kappa shape index (κ2) is 16.0. The molecular formula is C64H42N2O. The van der Waals surface area contributed by atoms with E-state index in [-0.39, 0.29) is 0 Å². The average molecular weight is 855 g/mol. The van der Waals surface area contributed by atoms with Crippen molar-refractivity contribution in [3.8, 4) is 50.2 Å². The molecule has 0 amide bonds. The Morgan fingerprint density at radius 2 is 0.746 bits per heavy atom. The molecule has 0 saturated heterocycles. The van der Waals surface area contributed by atoms with Crippen LogP contribution in [0.1, 0.15) is 0 Å². The molecule has 11 aromatic carbocycles. The van der Waals surface area contributed by atoms with Crippen molar-refractivity contribution in [1.29, 1.82) is 0 Å². The van der Waals surface area contributed by atoms with Crippen LogP contribution in [0, 0.1) is 0 Å². The van der Waals surface area contributed by atoms with E-state index in [2.05, 4.69) is 264 Å². The lowest BCUT2D eigenvalue weighted by molar-refractivity contribution is 0.670. The summed E-state index contributed by atoms with van der Waals surface area (Å²) in [6, 6.07) is 91.6. The molecule has 0 saturated carbocycles. The van der Waals surface area contributed by atoms with Gasteiger partial charge in [0, 0.05) is 44.2 Å². The first-order valence-corrected chi connectivity index (χ1v) is 22.9. The van der Waals surface area contributed by atoms with Gasteiger partial charge in [0.15, 0.2) is 5.58 Å². The fourth-order valence-corrected chi connectivity index (χ4v) is 10.2. The third-order valence-electron chi connectivity index (χ3n) is 13.4. The highest BCUT2D eigenvalue weighted by atomic mass is 16.3. The molecule has 0 unspecified atom stereocenters. The van der Waals surface area contributed by atoms with Crippen LogP contribution in [0.15, 0.2) is 259 Å². The Bertz CT molecular complexity index is 3870. The third kappa shape index (κ3) is 6.59. The van der Waals surface area contributed by atoms with Crippen LogP contribution in [0.25, 0.3) is 105 Å². The first-order valence-electron chi connectivity index (χ1n) is 22.9. The molecule has 0 aliphatic carbocycles. The smallest absolute Gasteiger partial charge is 0.159 e. The van der Waals surface area contributed by atoms with Gasteiger partial charge in [-0.05, 0) is 110 Å². The van der Waals surface area contributed by atoms with Gasteiger partial charge in [0.1, 0.15) is 5.58 Å². The largest absolute Gasteiger partial charge is 0.453 e. The maximum atomic E-state index is 7.19. The van der Waals surface area contributed by atoms with Gasteiger partial charge in [-0.3, -0.25) is 0 Å². The summed E-state index contributed by atoms with van der Waals surface area (Å²) >= 11 is 0. The zero-order valence-corrected chi connectivity index (χ0v) is 36.6. The van der Waals surface area contributed by atoms with Crippen molar-refractivity contribution in [3.05, 3.63) is 255 Å². The molecule has 314 valence electrons. The highest BCUT2D eigenvalue weighted by molar-refractivity contribution is 6.24. The van der Waals surface area contributed by atoms with Crippen LogP contribution in [-0.2, 0) is 0 Å². The molecule has 0 spiro atoms. The molecular weight excluding hydrogens is 813 g/mol. The van der Waals surface area contributed by atoms with Crippen LogP contribution >= 0.6 is 0 Å². The molecule has 13 rings (SSSR count). The Kier molecular flexibility index (Phi) is 9.17. The summed E-state index contributed by atoms with van der Waals surface area (Å²) in [4.78, 5) is 2.34. The predicted octanol–water partition coefficient (Wildman–Crippen LogP) is 18.0. The summed E-state index contributed by atoms with van der Waals surface area (Å²) in [5.41, 5.74) is 17.6. The Morgan fingerprint density at radius 3 is 1.31 bits per heavy atom. The van der Waals surface area contributed by atoms with Gasteiger partial charge >= 0.3 is 0 Å². The second-order valence-corrected chi connectivity index (χ2v) is 17.3. The number of aromatic nitrogens is 1. The van der Waals surface area contributed by atoms with Gasteiger partial charge < -0.3 is 13.9 Å². The lowest BCUT2D eigenvalue weighted by Crippen LogP contribution is -2.10. The quantitative estimate of drug-likeness (QED) is 0.152. The topological polar surface area (TPSA) is 21.3 Å². The molecule has 0 atom stereocenters. The van der Waals surface area contributed by atoms with Crippen molar-refractivity contribution in [2.24, 2.45) is 0 Å². The highest BCUT2D eigenvalue weighted by Gasteiger charge is 2.23. The fourth-order valence-electron chi connectivity index (χ4n) is 10.2. The van der Waals surface area contributed by atoms with Gasteiger partial charge in [-0.1, -0.05) is 194 Å². The van der Waals surface area contributed by atoms with Crippen molar-refractivity contribution in [1.82, 2.24) is 4.57 Å². The van der Waals surface area contributed by atoms with E-state index in [0.717, 1.165) is 72.5 Å². The molecule has 0 bridgehead atoms. The molecule has 0 aliphatic heterocycles. The summed E-state index contributed by atoms with van der Waals surface area (Å²) in [5, 5.41) is 7.10. The summed E-state index contributed by atoms with van der Waals surface area (Å²) in [7, 11) is 0. The number of benzene rings is 11. The van der Waals surface area contributed by atoms with Gasteiger partial charge in [0.05, 0.1) is 16.7 Å². The van der Waals surface area contributed by atoms with Crippen LogP contribution in [0.2, 0.25) is 0 Å². The molecule has 0 aliphatic rings. The third-order valence-corrected chi connectivity index (χ3v) is 13.4. The number of hydrogen-bond acceptors (Lipinski definition) is 2. The maximum absolute atomic E-state index is 7.19. The predicted molar refractivity (Wildman–Crippen MR) is 282 cm³/mol. The average Bonchev–Trinajstić information content (AvgIpc) is 3.97. The van der Waals surface area contributed by atoms with Crippen LogP contribution < -0.4 is 4.90 Å². The van der Waals surface area contributed by atoms with Gasteiger partial charge in [0.25, 0.3) is 0 Å². The molecule has 67 heavy (non-hydrogen) atoms. The molecule has 2 heterocycles. The highest BCUT2D eigenvalue weighted by Crippen LogP contribution is 2.47. The Hall–Kier alpha value is -8.92. The van der Waals surface area contributed by atoms with Crippen LogP contribution in [0.4, 0.5) is 17.1 Å². The minimum Gasteiger partial charge on any atom is -0.453 e. The molecule has 2 aromatic heterocycles. The van der Waals surface area contributed by atoms with Crippen LogP contribution in [-0.4, -0.2) is 4.57 Å². The standard InChI is InChI=1S/C64H42N2O/c1-3-14-43(15-4-1)44-26-28-45(29-27-44)46-30-36-51(37-31-46)65(61-25-13-22-57-62-54-19-8-7-18-50(54)42-58(64(62)67-63(57)61)49-16-5-2-6-17-49)52-38-32-47(33-39-52)48-34-40-53(41-35-48)66-59-23-11-9-20-55(59)56-21-10-12-24-60(56)66/h1-42H. The number of para-hydroxylation sites is 3.